The van der Waals surface area contributed by atoms with Crippen molar-refractivity contribution in [3.63, 3.8) is 0 Å². The lowest BCUT2D eigenvalue weighted by Gasteiger charge is -2.30. The third kappa shape index (κ3) is 12.9. The summed E-state index contributed by atoms with van der Waals surface area (Å²) in [7, 11) is 0. The van der Waals surface area contributed by atoms with Gasteiger partial charge in [0, 0.05) is 78.4 Å². The lowest BCUT2D eigenvalue weighted by atomic mass is 10.0. The number of fused-ring (bicyclic) bond motifs is 2. The van der Waals surface area contributed by atoms with Crippen LogP contribution in [0.3, 0.4) is 0 Å². The molecule has 12 aromatic carbocycles. The Morgan fingerprint density at radius 2 is 0.553 bits per heavy atom. The molecule has 0 amide bonds. The van der Waals surface area contributed by atoms with Gasteiger partial charge in [-0.25, -0.2) is 0 Å². The molecular formula is C77H60ClN5O2. The van der Waals surface area contributed by atoms with E-state index in [1.165, 1.54) is 11.1 Å². The second-order valence-corrected chi connectivity index (χ2v) is 20.6. The molecule has 0 saturated carbocycles. The summed E-state index contributed by atoms with van der Waals surface area (Å²) in [4.78, 5) is 9.04. The molecule has 7 nitrogen and oxygen atoms in total. The quantitative estimate of drug-likeness (QED) is 0.109. The molecule has 8 heteroatoms. The van der Waals surface area contributed by atoms with E-state index in [9.17, 15) is 0 Å². The van der Waals surface area contributed by atoms with Crippen LogP contribution in [0.5, 0.6) is 0 Å². The first-order valence-electron chi connectivity index (χ1n) is 28.2. The molecule has 14 rings (SSSR count). The molecule has 2 N–H and O–H groups in total. The summed E-state index contributed by atoms with van der Waals surface area (Å²) in [6.07, 6.45) is 4.49. The first kappa shape index (κ1) is 54.6. The maximum atomic E-state index is 6.80. The minimum atomic E-state index is 0.646. The largest absolute Gasteiger partial charge is 0.462 e. The van der Waals surface area contributed by atoms with E-state index in [-0.39, 0.29) is 0 Å². The number of hydrogen-bond acceptors (Lipinski definition) is 7. The Balaban J connectivity index is 0.000000151. The van der Waals surface area contributed by atoms with Crippen molar-refractivity contribution in [2.75, 3.05) is 25.3 Å². The fraction of sp³-hybridized carbons (Fsp3) is 0.0130. The number of benzene rings is 12. The maximum Gasteiger partial charge on any atom is 0.136 e. The summed E-state index contributed by atoms with van der Waals surface area (Å²) in [5, 5.41) is 2.75. The molecule has 0 aliphatic heterocycles. The predicted octanol–water partition coefficient (Wildman–Crippen LogP) is 22.3. The second kappa shape index (κ2) is 26.3. The van der Waals surface area contributed by atoms with Crippen LogP contribution < -0.4 is 25.3 Å². The van der Waals surface area contributed by atoms with Crippen molar-refractivity contribution in [3.8, 4) is 0 Å². The van der Waals surface area contributed by atoms with E-state index in [2.05, 4.69) is 220 Å². The van der Waals surface area contributed by atoms with Crippen LogP contribution in [0.15, 0.2) is 349 Å². The molecule has 0 saturated heterocycles. The van der Waals surface area contributed by atoms with Crippen LogP contribution in [0.4, 0.5) is 73.9 Å². The summed E-state index contributed by atoms with van der Waals surface area (Å²) < 4.78 is 12.0. The molecule has 0 aliphatic carbocycles. The minimum absolute atomic E-state index is 0.646. The van der Waals surface area contributed by atoms with E-state index in [0.717, 1.165) is 102 Å². The van der Waals surface area contributed by atoms with E-state index < -0.39 is 0 Å². The van der Waals surface area contributed by atoms with E-state index in [4.69, 9.17) is 26.2 Å². The van der Waals surface area contributed by atoms with E-state index >= 15 is 0 Å². The molecule has 14 aromatic rings. The highest BCUT2D eigenvalue weighted by atomic mass is 35.5. The summed E-state index contributed by atoms with van der Waals surface area (Å²) in [5.41, 5.74) is 22.8. The van der Waals surface area contributed by atoms with Gasteiger partial charge in [-0.15, -0.1) is 0 Å². The fourth-order valence-corrected chi connectivity index (χ4v) is 10.8. The van der Waals surface area contributed by atoms with E-state index in [0.29, 0.717) is 5.02 Å². The van der Waals surface area contributed by atoms with Gasteiger partial charge in [0.1, 0.15) is 23.7 Å². The number of rotatable bonds is 14. The first-order chi connectivity index (χ1) is 42.0. The number of hydrogen-bond donors (Lipinski definition) is 1. The van der Waals surface area contributed by atoms with Gasteiger partial charge in [0.15, 0.2) is 0 Å². The van der Waals surface area contributed by atoms with Crippen molar-refractivity contribution < 1.29 is 8.83 Å². The van der Waals surface area contributed by atoms with Crippen LogP contribution in [-0.2, 0) is 6.42 Å². The lowest BCUT2D eigenvalue weighted by molar-refractivity contribution is 0.616. The van der Waals surface area contributed by atoms with Gasteiger partial charge in [-0.3, -0.25) is 0 Å². The highest BCUT2D eigenvalue weighted by Crippen LogP contribution is 2.46. The molecule has 0 aliphatic rings. The molecule has 0 radical (unpaired) electrons. The van der Waals surface area contributed by atoms with Crippen molar-refractivity contribution in [2.24, 2.45) is 0 Å². The lowest BCUT2D eigenvalue weighted by Crippen LogP contribution is -2.14. The molecule has 0 bridgehead atoms. The normalized spacial score (nSPS) is 10.7. The summed E-state index contributed by atoms with van der Waals surface area (Å²) >= 11 is 6.80. The monoisotopic (exact) mass is 1120 g/mol. The van der Waals surface area contributed by atoms with Crippen molar-refractivity contribution in [1.29, 1.82) is 0 Å². The number of para-hydroxylation sites is 9. The molecule has 2 aromatic heterocycles. The van der Waals surface area contributed by atoms with Gasteiger partial charge in [0.05, 0.1) is 11.4 Å². The standard InChI is InChI=1S/C39H30N2O.C32H23ClN2O.C6H7N/c1-5-15-30(16-6-1)25-31-26-35(40(32-17-7-2-8-18-32)33-19-9-3-10-20-33)28-36(27-31)41(34-21-11-4-12-22-34)38-29-42-39-24-14-13-23-37(38)39;33-24-20-28(34(25-12-4-1-5-13-25)26-14-6-2-7-15-26)22-29(21-24)35(27-16-8-3-9-17-27)31-23-36-32-19-11-10-18-30(31)32;7-6-4-2-1-3-5-6/h1-24,26-29H,25H2;1-23H;1-5H,7H2. The Bertz CT molecular complexity index is 4280. The third-order valence-corrected chi connectivity index (χ3v) is 14.6. The van der Waals surface area contributed by atoms with Gasteiger partial charge in [0.2, 0.25) is 0 Å². The average Bonchev–Trinajstić information content (AvgIpc) is 3.62. The van der Waals surface area contributed by atoms with Gasteiger partial charge in [0.25, 0.3) is 0 Å². The molecule has 412 valence electrons. The highest BCUT2D eigenvalue weighted by molar-refractivity contribution is 6.31. The molecule has 2 heterocycles. The second-order valence-electron chi connectivity index (χ2n) is 20.2. The van der Waals surface area contributed by atoms with Gasteiger partial charge >= 0.3 is 0 Å². The molecular weight excluding hydrogens is 1060 g/mol. The SMILES string of the molecule is Clc1cc(N(c2ccccc2)c2ccccc2)cc(N(c2ccccc2)c2coc3ccccc23)c1.Nc1ccccc1.c1ccc(Cc2cc(N(c3ccccc3)c3ccccc3)cc(N(c3ccccc3)c3coc4ccccc34)c2)cc1. The fourth-order valence-electron chi connectivity index (χ4n) is 10.6. The summed E-state index contributed by atoms with van der Waals surface area (Å²) in [5.74, 6) is 0. The Hall–Kier alpha value is -11.0. The topological polar surface area (TPSA) is 65.3 Å². The van der Waals surface area contributed by atoms with Crippen molar-refractivity contribution in [1.82, 2.24) is 0 Å². The number of anilines is 13. The zero-order valence-corrected chi connectivity index (χ0v) is 47.4. The number of furan rings is 2. The Labute approximate surface area is 501 Å². The average molecular weight is 1120 g/mol. The number of halogens is 1. The van der Waals surface area contributed by atoms with Crippen molar-refractivity contribution in [2.45, 2.75) is 6.42 Å². The smallest absolute Gasteiger partial charge is 0.136 e. The van der Waals surface area contributed by atoms with Crippen LogP contribution >= 0.6 is 11.6 Å². The molecule has 0 atom stereocenters. The zero-order chi connectivity index (χ0) is 57.6. The van der Waals surface area contributed by atoms with Crippen molar-refractivity contribution >= 4 is 107 Å². The molecule has 0 spiro atoms. The Kier molecular flexibility index (Phi) is 16.9. The Morgan fingerprint density at radius 1 is 0.271 bits per heavy atom. The van der Waals surface area contributed by atoms with Gasteiger partial charge in [-0.2, -0.15) is 0 Å². The van der Waals surface area contributed by atoms with Crippen LogP contribution in [-0.4, -0.2) is 0 Å². The predicted molar refractivity (Wildman–Crippen MR) is 356 cm³/mol. The zero-order valence-electron chi connectivity index (χ0n) is 46.6. The van der Waals surface area contributed by atoms with Crippen LogP contribution in [0, 0.1) is 0 Å². The number of nitrogen functional groups attached to an aromatic ring is 1. The van der Waals surface area contributed by atoms with Gasteiger partial charge in [-0.1, -0.05) is 194 Å². The van der Waals surface area contributed by atoms with Crippen molar-refractivity contribution in [3.05, 3.63) is 356 Å². The molecule has 0 unspecified atom stereocenters. The third-order valence-electron chi connectivity index (χ3n) is 14.4. The molecule has 0 fully saturated rings. The highest BCUT2D eigenvalue weighted by Gasteiger charge is 2.23. The molecule has 85 heavy (non-hydrogen) atoms. The van der Waals surface area contributed by atoms with Crippen LogP contribution in [0.1, 0.15) is 11.1 Å². The first-order valence-corrected chi connectivity index (χ1v) is 28.6. The Morgan fingerprint density at radius 3 is 0.906 bits per heavy atom. The minimum Gasteiger partial charge on any atom is -0.462 e. The van der Waals surface area contributed by atoms with Gasteiger partial charge < -0.3 is 34.2 Å². The summed E-state index contributed by atoms with van der Waals surface area (Å²) in [6, 6.07) is 112. The van der Waals surface area contributed by atoms with Gasteiger partial charge in [-0.05, 0) is 163 Å². The van der Waals surface area contributed by atoms with Crippen LogP contribution in [0.2, 0.25) is 5.02 Å². The summed E-state index contributed by atoms with van der Waals surface area (Å²) in [6.45, 7) is 0. The number of nitrogens with zero attached hydrogens (tertiary/aromatic N) is 4. The van der Waals surface area contributed by atoms with Crippen LogP contribution in [0.25, 0.3) is 21.9 Å². The maximum absolute atomic E-state index is 6.80. The van der Waals surface area contributed by atoms with E-state index in [1.807, 2.05) is 140 Å². The number of nitrogens with two attached hydrogens (primary N) is 1. The van der Waals surface area contributed by atoms with E-state index in [1.54, 1.807) is 0 Å².